The van der Waals surface area contributed by atoms with Gasteiger partial charge in [-0.1, -0.05) is 0 Å². The molecular formula is C26H30N6O4. The first kappa shape index (κ1) is 24.0. The first-order valence-corrected chi connectivity index (χ1v) is 12.1. The molecule has 1 atom stereocenters. The molecule has 10 nitrogen and oxygen atoms in total. The first-order chi connectivity index (χ1) is 17.4. The van der Waals surface area contributed by atoms with Crippen LogP contribution in [0, 0.1) is 6.92 Å². The van der Waals surface area contributed by atoms with E-state index in [0.29, 0.717) is 55.2 Å². The number of anilines is 2. The number of rotatable bonds is 6. The number of ether oxygens (including phenoxy) is 1. The Morgan fingerprint density at radius 1 is 1.28 bits per heavy atom. The van der Waals surface area contributed by atoms with Crippen molar-refractivity contribution in [1.29, 1.82) is 0 Å². The van der Waals surface area contributed by atoms with Crippen molar-refractivity contribution in [2.24, 2.45) is 0 Å². The summed E-state index contributed by atoms with van der Waals surface area (Å²) in [5.41, 5.74) is 3.50. The van der Waals surface area contributed by atoms with E-state index in [2.05, 4.69) is 25.5 Å². The molecule has 2 aliphatic rings. The lowest BCUT2D eigenvalue weighted by Crippen LogP contribution is -2.42. The quantitative estimate of drug-likeness (QED) is 0.482. The molecule has 3 N–H and O–H groups in total. The van der Waals surface area contributed by atoms with Gasteiger partial charge in [0.25, 0.3) is 5.91 Å². The van der Waals surface area contributed by atoms with Crippen molar-refractivity contribution in [1.82, 2.24) is 20.2 Å². The molecule has 4 heterocycles. The van der Waals surface area contributed by atoms with Gasteiger partial charge in [-0.25, -0.2) is 9.97 Å². The average molecular weight is 491 g/mol. The van der Waals surface area contributed by atoms with Crippen LogP contribution in [0.5, 0.6) is 5.88 Å². The molecular weight excluding hydrogens is 460 g/mol. The Kier molecular flexibility index (Phi) is 6.71. The van der Waals surface area contributed by atoms with Gasteiger partial charge in [-0.3, -0.25) is 14.5 Å². The van der Waals surface area contributed by atoms with Crippen LogP contribution >= 0.6 is 0 Å². The van der Waals surface area contributed by atoms with E-state index >= 15 is 0 Å². The second kappa shape index (κ2) is 10.1. The van der Waals surface area contributed by atoms with Gasteiger partial charge in [-0.2, -0.15) is 0 Å². The third-order valence-electron chi connectivity index (χ3n) is 6.71. The van der Waals surface area contributed by atoms with Crippen molar-refractivity contribution in [2.45, 2.75) is 32.5 Å². The maximum Gasteiger partial charge on any atom is 0.259 e. The normalized spacial score (nSPS) is 18.3. The highest BCUT2D eigenvalue weighted by Crippen LogP contribution is 2.27. The zero-order valence-electron chi connectivity index (χ0n) is 20.5. The number of carbonyl (C=O) groups excluding carboxylic acids is 2. The molecule has 1 aromatic carbocycles. The molecule has 2 fully saturated rings. The van der Waals surface area contributed by atoms with E-state index < -0.39 is 0 Å². The number of benzene rings is 1. The van der Waals surface area contributed by atoms with Crippen molar-refractivity contribution in [2.75, 3.05) is 43.6 Å². The van der Waals surface area contributed by atoms with E-state index in [9.17, 15) is 14.7 Å². The van der Waals surface area contributed by atoms with Crippen LogP contribution in [0.25, 0.3) is 10.9 Å². The van der Waals surface area contributed by atoms with Crippen molar-refractivity contribution in [3.05, 3.63) is 53.2 Å². The number of nitrogens with zero attached hydrogens (tertiary/aromatic N) is 4. The fourth-order valence-corrected chi connectivity index (χ4v) is 4.74. The number of carbonyl (C=O) groups is 2. The van der Waals surface area contributed by atoms with Crippen molar-refractivity contribution < 1.29 is 19.4 Å². The first-order valence-electron chi connectivity index (χ1n) is 12.1. The molecule has 36 heavy (non-hydrogen) atoms. The summed E-state index contributed by atoms with van der Waals surface area (Å²) < 4.78 is 5.45. The lowest BCUT2D eigenvalue weighted by molar-refractivity contribution is -0.119. The molecule has 0 saturated carbocycles. The van der Waals surface area contributed by atoms with Gasteiger partial charge in [-0.05, 0) is 48.7 Å². The highest BCUT2D eigenvalue weighted by Gasteiger charge is 2.28. The summed E-state index contributed by atoms with van der Waals surface area (Å²) in [6, 6.07) is 8.85. The SMILES string of the molecule is Cc1cc(O)nc2ccc(NC(=O)c3cc(CN4CCOCC4)cnc3N(C)C3CCC(=O)N3)cc12. The van der Waals surface area contributed by atoms with Crippen LogP contribution in [-0.4, -0.2) is 71.3 Å². The summed E-state index contributed by atoms with van der Waals surface area (Å²) in [5, 5.41) is 16.6. The molecule has 2 aliphatic heterocycles. The second-order valence-electron chi connectivity index (χ2n) is 9.32. The van der Waals surface area contributed by atoms with Gasteiger partial charge < -0.3 is 25.4 Å². The molecule has 0 spiro atoms. The minimum absolute atomic E-state index is 0.00651. The Morgan fingerprint density at radius 3 is 2.83 bits per heavy atom. The zero-order chi connectivity index (χ0) is 25.2. The van der Waals surface area contributed by atoms with Crippen LogP contribution in [0.15, 0.2) is 36.5 Å². The summed E-state index contributed by atoms with van der Waals surface area (Å²) in [6.45, 7) is 5.60. The number of fused-ring (bicyclic) bond motifs is 1. The highest BCUT2D eigenvalue weighted by molar-refractivity contribution is 6.08. The standard InChI is InChI=1S/C26H30N6O4/c1-16-11-24(34)29-21-4-3-18(13-19(16)21)28-26(35)20-12-17(15-32-7-9-36-10-8-32)14-27-25(20)31(2)22-5-6-23(33)30-22/h3-4,11-14,22H,5-10,15H2,1-2H3,(H,28,35)(H,29,34)(H,30,33). The fraction of sp³-hybridized carbons (Fsp3) is 0.385. The number of aromatic nitrogens is 2. The van der Waals surface area contributed by atoms with Gasteiger partial charge in [0.1, 0.15) is 12.0 Å². The number of amides is 2. The van der Waals surface area contributed by atoms with E-state index in [1.54, 1.807) is 24.4 Å². The maximum absolute atomic E-state index is 13.6. The van der Waals surface area contributed by atoms with Gasteiger partial charge in [0, 0.05) is 56.4 Å². The summed E-state index contributed by atoms with van der Waals surface area (Å²) in [5.74, 6) is 0.176. The fourth-order valence-electron chi connectivity index (χ4n) is 4.74. The number of aryl methyl sites for hydroxylation is 1. The molecule has 2 saturated heterocycles. The van der Waals surface area contributed by atoms with Gasteiger partial charge in [-0.15, -0.1) is 0 Å². The Bertz CT molecular complexity index is 1310. The van der Waals surface area contributed by atoms with E-state index in [-0.39, 0.29) is 23.9 Å². The Morgan fingerprint density at radius 2 is 2.08 bits per heavy atom. The number of pyridine rings is 2. The third kappa shape index (κ3) is 5.09. The summed E-state index contributed by atoms with van der Waals surface area (Å²) in [6.07, 6.45) is 2.68. The van der Waals surface area contributed by atoms with Crippen LogP contribution in [-0.2, 0) is 16.1 Å². The molecule has 188 valence electrons. The van der Waals surface area contributed by atoms with Gasteiger partial charge in [0.15, 0.2) is 0 Å². The molecule has 0 radical (unpaired) electrons. The lowest BCUT2D eigenvalue weighted by Gasteiger charge is -2.29. The number of aromatic hydroxyl groups is 1. The van der Waals surface area contributed by atoms with E-state index in [4.69, 9.17) is 4.74 Å². The zero-order valence-corrected chi connectivity index (χ0v) is 20.5. The topological polar surface area (TPSA) is 120 Å². The van der Waals surface area contributed by atoms with Crippen molar-refractivity contribution >= 4 is 34.2 Å². The Labute approximate surface area is 209 Å². The van der Waals surface area contributed by atoms with Crippen LogP contribution in [0.3, 0.4) is 0 Å². The predicted octanol–water partition coefficient (Wildman–Crippen LogP) is 2.40. The average Bonchev–Trinajstić information content (AvgIpc) is 3.31. The largest absolute Gasteiger partial charge is 0.493 e. The van der Waals surface area contributed by atoms with E-state index in [1.807, 2.05) is 31.0 Å². The van der Waals surface area contributed by atoms with Crippen molar-refractivity contribution in [3.63, 3.8) is 0 Å². The van der Waals surface area contributed by atoms with Gasteiger partial charge in [0.2, 0.25) is 11.8 Å². The number of hydrogen-bond donors (Lipinski definition) is 3. The minimum Gasteiger partial charge on any atom is -0.493 e. The van der Waals surface area contributed by atoms with Gasteiger partial charge >= 0.3 is 0 Å². The third-order valence-corrected chi connectivity index (χ3v) is 6.71. The molecule has 2 amide bonds. The van der Waals surface area contributed by atoms with E-state index in [1.165, 1.54) is 0 Å². The predicted molar refractivity (Wildman–Crippen MR) is 136 cm³/mol. The molecule has 5 rings (SSSR count). The second-order valence-corrected chi connectivity index (χ2v) is 9.32. The Hall–Kier alpha value is -3.76. The summed E-state index contributed by atoms with van der Waals surface area (Å²) in [7, 11) is 1.84. The van der Waals surface area contributed by atoms with Crippen LogP contribution in [0.2, 0.25) is 0 Å². The Balaban J connectivity index is 1.45. The number of nitrogens with one attached hydrogen (secondary N) is 2. The summed E-state index contributed by atoms with van der Waals surface area (Å²) in [4.78, 5) is 38.3. The van der Waals surface area contributed by atoms with Crippen LogP contribution in [0.4, 0.5) is 11.5 Å². The van der Waals surface area contributed by atoms with E-state index in [0.717, 1.165) is 29.6 Å². The van der Waals surface area contributed by atoms with Crippen LogP contribution in [0.1, 0.15) is 34.3 Å². The smallest absolute Gasteiger partial charge is 0.259 e. The van der Waals surface area contributed by atoms with Gasteiger partial charge in [0.05, 0.1) is 24.3 Å². The monoisotopic (exact) mass is 490 g/mol. The van der Waals surface area contributed by atoms with Crippen molar-refractivity contribution in [3.8, 4) is 5.88 Å². The maximum atomic E-state index is 13.6. The highest BCUT2D eigenvalue weighted by atomic mass is 16.5. The molecule has 0 bridgehead atoms. The molecule has 3 aromatic rings. The summed E-state index contributed by atoms with van der Waals surface area (Å²) >= 11 is 0. The lowest BCUT2D eigenvalue weighted by atomic mass is 10.1. The molecule has 2 aromatic heterocycles. The number of hydrogen-bond acceptors (Lipinski definition) is 8. The molecule has 0 aliphatic carbocycles. The minimum atomic E-state index is -0.291. The molecule has 1 unspecified atom stereocenters. The number of morpholine rings is 1. The van der Waals surface area contributed by atoms with Crippen LogP contribution < -0.4 is 15.5 Å². The molecule has 10 heteroatoms.